The smallest absolute Gasteiger partial charge is 0.410 e. The molecule has 1 aromatic rings. The molecule has 0 spiro atoms. The van der Waals surface area contributed by atoms with Crippen molar-refractivity contribution < 1.29 is 9.53 Å². The van der Waals surface area contributed by atoms with Crippen molar-refractivity contribution in [1.82, 2.24) is 20.0 Å². The summed E-state index contributed by atoms with van der Waals surface area (Å²) in [5.41, 5.74) is -0.417. The van der Waals surface area contributed by atoms with Crippen molar-refractivity contribution in [1.29, 1.82) is 0 Å². The van der Waals surface area contributed by atoms with E-state index >= 15 is 0 Å². The van der Waals surface area contributed by atoms with Crippen LogP contribution < -0.4 is 5.32 Å². The number of hydrogen-bond acceptors (Lipinski definition) is 4. The van der Waals surface area contributed by atoms with Gasteiger partial charge in [0.15, 0.2) is 0 Å². The molecular weight excluding hydrogens is 256 g/mol. The van der Waals surface area contributed by atoms with Crippen LogP contribution in [0.2, 0.25) is 0 Å². The first kappa shape index (κ1) is 14.8. The Kier molecular flexibility index (Phi) is 4.65. The molecule has 1 saturated heterocycles. The molecule has 0 radical (unpaired) electrons. The van der Waals surface area contributed by atoms with Gasteiger partial charge in [-0.1, -0.05) is 0 Å². The zero-order valence-corrected chi connectivity index (χ0v) is 12.5. The number of ether oxygens (including phenoxy) is 1. The third kappa shape index (κ3) is 4.52. The van der Waals surface area contributed by atoms with Crippen molar-refractivity contribution >= 4 is 6.09 Å². The highest BCUT2D eigenvalue weighted by Gasteiger charge is 2.33. The van der Waals surface area contributed by atoms with E-state index in [0.717, 1.165) is 32.6 Å². The van der Waals surface area contributed by atoms with Gasteiger partial charge in [-0.25, -0.2) is 4.79 Å². The van der Waals surface area contributed by atoms with Gasteiger partial charge in [-0.05, 0) is 39.8 Å². The molecule has 1 N–H and O–H groups in total. The maximum absolute atomic E-state index is 11.7. The fourth-order valence-corrected chi connectivity index (χ4v) is 2.06. The SMILES string of the molecule is CC(C)(C)OC(=O)N1CC(NCCCn2cccn2)C1. The minimum absolute atomic E-state index is 0.216. The van der Waals surface area contributed by atoms with Crippen LogP contribution in [0.25, 0.3) is 0 Å². The number of aromatic nitrogens is 2. The Morgan fingerprint density at radius 2 is 2.20 bits per heavy atom. The standard InChI is InChI=1S/C14H24N4O2/c1-14(2,3)20-13(19)17-10-12(11-17)15-6-4-8-18-9-5-7-16-18/h5,7,9,12,15H,4,6,8,10-11H2,1-3H3. The van der Waals surface area contributed by atoms with Gasteiger partial charge in [0, 0.05) is 38.1 Å². The molecule has 0 unspecified atom stereocenters. The Balaban J connectivity index is 1.54. The van der Waals surface area contributed by atoms with Crippen molar-refractivity contribution in [2.75, 3.05) is 19.6 Å². The summed E-state index contributed by atoms with van der Waals surface area (Å²) in [5.74, 6) is 0. The highest BCUT2D eigenvalue weighted by Crippen LogP contribution is 2.15. The number of likely N-dealkylation sites (tertiary alicyclic amines) is 1. The van der Waals surface area contributed by atoms with Crippen LogP contribution in [0.1, 0.15) is 27.2 Å². The fraction of sp³-hybridized carbons (Fsp3) is 0.714. The first-order valence-electron chi connectivity index (χ1n) is 7.13. The van der Waals surface area contributed by atoms with Crippen molar-refractivity contribution in [3.8, 4) is 0 Å². The third-order valence-corrected chi connectivity index (χ3v) is 3.09. The molecule has 20 heavy (non-hydrogen) atoms. The van der Waals surface area contributed by atoms with E-state index in [1.165, 1.54) is 0 Å². The summed E-state index contributed by atoms with van der Waals surface area (Å²) < 4.78 is 7.24. The van der Waals surface area contributed by atoms with Gasteiger partial charge in [0.2, 0.25) is 0 Å². The van der Waals surface area contributed by atoms with Crippen LogP contribution >= 0.6 is 0 Å². The van der Waals surface area contributed by atoms with Crippen LogP contribution in [0.15, 0.2) is 18.5 Å². The topological polar surface area (TPSA) is 59.4 Å². The molecule has 2 rings (SSSR count). The molecule has 0 aliphatic carbocycles. The summed E-state index contributed by atoms with van der Waals surface area (Å²) >= 11 is 0. The van der Waals surface area contributed by atoms with Crippen molar-refractivity contribution in [2.45, 2.75) is 45.4 Å². The summed E-state index contributed by atoms with van der Waals surface area (Å²) in [6, 6.07) is 2.32. The molecule has 2 heterocycles. The lowest BCUT2D eigenvalue weighted by atomic mass is 10.1. The Bertz CT molecular complexity index is 419. The normalized spacial score (nSPS) is 16.1. The van der Waals surface area contributed by atoms with Gasteiger partial charge in [-0.3, -0.25) is 4.68 Å². The van der Waals surface area contributed by atoms with E-state index in [1.807, 2.05) is 37.7 Å². The molecular formula is C14H24N4O2. The number of carbonyl (C=O) groups excluding carboxylic acids is 1. The zero-order valence-electron chi connectivity index (χ0n) is 12.5. The molecule has 0 saturated carbocycles. The van der Waals surface area contributed by atoms with E-state index in [-0.39, 0.29) is 6.09 Å². The molecule has 0 aromatic carbocycles. The lowest BCUT2D eigenvalue weighted by Gasteiger charge is -2.40. The van der Waals surface area contributed by atoms with Crippen molar-refractivity contribution in [3.05, 3.63) is 18.5 Å². The summed E-state index contributed by atoms with van der Waals surface area (Å²) in [4.78, 5) is 13.5. The molecule has 0 bridgehead atoms. The molecule has 1 aromatic heterocycles. The van der Waals surface area contributed by atoms with Crippen LogP contribution in [0.5, 0.6) is 0 Å². The number of nitrogens with one attached hydrogen (secondary N) is 1. The van der Waals surface area contributed by atoms with Gasteiger partial charge in [0.05, 0.1) is 0 Å². The Labute approximate surface area is 120 Å². The minimum Gasteiger partial charge on any atom is -0.444 e. The van der Waals surface area contributed by atoms with Crippen LogP contribution in [0, 0.1) is 0 Å². The summed E-state index contributed by atoms with van der Waals surface area (Å²) in [6.45, 7) is 8.98. The second-order valence-electron chi connectivity index (χ2n) is 6.16. The van der Waals surface area contributed by atoms with Gasteiger partial charge in [0.25, 0.3) is 0 Å². The minimum atomic E-state index is -0.417. The second kappa shape index (κ2) is 6.26. The third-order valence-electron chi connectivity index (χ3n) is 3.09. The maximum Gasteiger partial charge on any atom is 0.410 e. The molecule has 6 heteroatoms. The molecule has 1 aliphatic heterocycles. The predicted octanol–water partition coefficient (Wildman–Crippen LogP) is 1.48. The zero-order chi connectivity index (χ0) is 14.6. The number of amides is 1. The summed E-state index contributed by atoms with van der Waals surface area (Å²) in [5, 5.41) is 7.59. The van der Waals surface area contributed by atoms with Gasteiger partial charge < -0.3 is 15.0 Å². The number of rotatable bonds is 5. The quantitative estimate of drug-likeness (QED) is 0.830. The number of hydrogen-bond donors (Lipinski definition) is 1. The number of nitrogens with zero attached hydrogens (tertiary/aromatic N) is 3. The largest absolute Gasteiger partial charge is 0.444 e. The molecule has 1 amide bonds. The van der Waals surface area contributed by atoms with E-state index < -0.39 is 5.60 Å². The van der Waals surface area contributed by atoms with Crippen molar-refractivity contribution in [2.24, 2.45) is 0 Å². The van der Waals surface area contributed by atoms with Crippen LogP contribution in [0.4, 0.5) is 4.79 Å². The predicted molar refractivity (Wildman–Crippen MR) is 76.4 cm³/mol. The molecule has 1 aliphatic rings. The maximum atomic E-state index is 11.7. The summed E-state index contributed by atoms with van der Waals surface area (Å²) in [6.07, 6.45) is 4.57. The number of carbonyl (C=O) groups is 1. The van der Waals surface area contributed by atoms with Gasteiger partial charge in [-0.2, -0.15) is 5.10 Å². The van der Waals surface area contributed by atoms with Crippen molar-refractivity contribution in [3.63, 3.8) is 0 Å². The monoisotopic (exact) mass is 280 g/mol. The van der Waals surface area contributed by atoms with Crippen LogP contribution in [0.3, 0.4) is 0 Å². The van der Waals surface area contributed by atoms with Crippen LogP contribution in [-0.2, 0) is 11.3 Å². The first-order valence-corrected chi connectivity index (χ1v) is 7.13. The molecule has 0 atom stereocenters. The van der Waals surface area contributed by atoms with E-state index in [2.05, 4.69) is 10.4 Å². The van der Waals surface area contributed by atoms with Gasteiger partial charge in [0.1, 0.15) is 5.60 Å². The Morgan fingerprint density at radius 1 is 1.45 bits per heavy atom. The molecule has 6 nitrogen and oxygen atoms in total. The lowest BCUT2D eigenvalue weighted by Crippen LogP contribution is -2.60. The average Bonchev–Trinajstić information content (AvgIpc) is 2.76. The molecule has 1 fully saturated rings. The second-order valence-corrected chi connectivity index (χ2v) is 6.16. The first-order chi connectivity index (χ1) is 9.44. The highest BCUT2D eigenvalue weighted by molar-refractivity contribution is 5.69. The number of aryl methyl sites for hydroxylation is 1. The van der Waals surface area contributed by atoms with E-state index in [9.17, 15) is 4.79 Å². The molecule has 112 valence electrons. The lowest BCUT2D eigenvalue weighted by molar-refractivity contribution is 0.00534. The van der Waals surface area contributed by atoms with E-state index in [0.29, 0.717) is 6.04 Å². The Hall–Kier alpha value is -1.56. The van der Waals surface area contributed by atoms with Gasteiger partial charge >= 0.3 is 6.09 Å². The Morgan fingerprint density at radius 3 is 2.80 bits per heavy atom. The summed E-state index contributed by atoms with van der Waals surface area (Å²) in [7, 11) is 0. The average molecular weight is 280 g/mol. The fourth-order valence-electron chi connectivity index (χ4n) is 2.06. The highest BCUT2D eigenvalue weighted by atomic mass is 16.6. The van der Waals surface area contributed by atoms with Gasteiger partial charge in [-0.15, -0.1) is 0 Å². The van der Waals surface area contributed by atoms with E-state index in [1.54, 1.807) is 11.1 Å². The van der Waals surface area contributed by atoms with E-state index in [4.69, 9.17) is 4.74 Å². The van der Waals surface area contributed by atoms with Crippen LogP contribution in [-0.4, -0.2) is 52.1 Å².